The molecule has 3 heteroatoms. The van der Waals surface area contributed by atoms with Crippen LogP contribution in [0.3, 0.4) is 0 Å². The largest absolute Gasteiger partial charge is 0.207 e. The van der Waals surface area contributed by atoms with Crippen molar-refractivity contribution < 1.29 is 8.78 Å². The summed E-state index contributed by atoms with van der Waals surface area (Å²) in [4.78, 5) is 0. The first-order chi connectivity index (χ1) is 8.56. The molecule has 0 nitrogen and oxygen atoms in total. The molecule has 0 amide bonds. The van der Waals surface area contributed by atoms with Gasteiger partial charge < -0.3 is 0 Å². The van der Waals surface area contributed by atoms with Crippen LogP contribution in [0.15, 0.2) is 42.5 Å². The van der Waals surface area contributed by atoms with E-state index in [0.29, 0.717) is 6.42 Å². The van der Waals surface area contributed by atoms with Gasteiger partial charge in [-0.3, -0.25) is 0 Å². The molecule has 0 heterocycles. The van der Waals surface area contributed by atoms with Crippen LogP contribution in [0.1, 0.15) is 22.1 Å². The summed E-state index contributed by atoms with van der Waals surface area (Å²) in [5, 5.41) is -0.314. The number of hydrogen-bond acceptors (Lipinski definition) is 0. The van der Waals surface area contributed by atoms with Gasteiger partial charge in [-0.1, -0.05) is 18.2 Å². The fraction of sp³-hybridized carbons (Fsp3) is 0.200. The van der Waals surface area contributed by atoms with Crippen molar-refractivity contribution in [2.45, 2.75) is 18.7 Å². The van der Waals surface area contributed by atoms with E-state index < -0.39 is 0 Å². The monoisotopic (exact) mass is 266 g/mol. The van der Waals surface area contributed by atoms with E-state index in [1.54, 1.807) is 18.2 Å². The molecular formula is C15H13ClF2. The standard InChI is InChI=1S/C15H13ClF2/c1-10-2-5-13(18)9-14(10)15(16)8-11-3-6-12(17)7-4-11/h2-7,9,15H,8H2,1H3. The van der Waals surface area contributed by atoms with Crippen LogP contribution in [0.4, 0.5) is 8.78 Å². The van der Waals surface area contributed by atoms with Gasteiger partial charge in [0.15, 0.2) is 0 Å². The smallest absolute Gasteiger partial charge is 0.123 e. The molecule has 0 aliphatic rings. The maximum Gasteiger partial charge on any atom is 0.123 e. The van der Waals surface area contributed by atoms with Crippen molar-refractivity contribution in [3.05, 3.63) is 70.8 Å². The minimum atomic E-state index is -0.314. The maximum absolute atomic E-state index is 13.2. The molecule has 2 rings (SSSR count). The Bertz CT molecular complexity index is 535. The Labute approximate surface area is 110 Å². The fourth-order valence-corrected chi connectivity index (χ4v) is 2.30. The Morgan fingerprint density at radius 2 is 1.61 bits per heavy atom. The van der Waals surface area contributed by atoms with Crippen LogP contribution in [0.25, 0.3) is 0 Å². The fourth-order valence-electron chi connectivity index (χ4n) is 1.89. The summed E-state index contributed by atoms with van der Waals surface area (Å²) in [5.41, 5.74) is 2.67. The summed E-state index contributed by atoms with van der Waals surface area (Å²) in [6, 6.07) is 10.8. The van der Waals surface area contributed by atoms with Gasteiger partial charge in [0.25, 0.3) is 0 Å². The first-order valence-electron chi connectivity index (χ1n) is 5.71. The average molecular weight is 267 g/mol. The lowest BCUT2D eigenvalue weighted by atomic mass is 10.00. The molecule has 18 heavy (non-hydrogen) atoms. The highest BCUT2D eigenvalue weighted by Crippen LogP contribution is 2.28. The first kappa shape index (κ1) is 13.0. The Kier molecular flexibility index (Phi) is 3.97. The second-order valence-corrected chi connectivity index (χ2v) is 4.83. The van der Waals surface area contributed by atoms with Crippen LogP contribution in [-0.4, -0.2) is 0 Å². The van der Waals surface area contributed by atoms with Crippen LogP contribution in [0, 0.1) is 18.6 Å². The zero-order chi connectivity index (χ0) is 13.1. The Morgan fingerprint density at radius 3 is 2.28 bits per heavy atom. The third kappa shape index (κ3) is 3.08. The summed E-state index contributed by atoms with van der Waals surface area (Å²) in [7, 11) is 0. The minimum absolute atomic E-state index is 0.271. The molecule has 0 aliphatic heterocycles. The van der Waals surface area contributed by atoms with E-state index in [1.807, 2.05) is 6.92 Å². The highest BCUT2D eigenvalue weighted by atomic mass is 35.5. The normalized spacial score (nSPS) is 12.4. The number of rotatable bonds is 3. The molecule has 2 aromatic rings. The zero-order valence-electron chi connectivity index (χ0n) is 9.96. The minimum Gasteiger partial charge on any atom is -0.207 e. The van der Waals surface area contributed by atoms with Crippen LogP contribution in [0.2, 0.25) is 0 Å². The van der Waals surface area contributed by atoms with Gasteiger partial charge in [0, 0.05) is 0 Å². The molecule has 0 N–H and O–H groups in total. The average Bonchev–Trinajstić information content (AvgIpc) is 2.35. The van der Waals surface area contributed by atoms with Gasteiger partial charge >= 0.3 is 0 Å². The van der Waals surface area contributed by atoms with Gasteiger partial charge in [-0.2, -0.15) is 0 Å². The third-order valence-corrected chi connectivity index (χ3v) is 3.30. The van der Waals surface area contributed by atoms with Crippen molar-refractivity contribution in [1.29, 1.82) is 0 Å². The van der Waals surface area contributed by atoms with Crippen molar-refractivity contribution in [1.82, 2.24) is 0 Å². The second kappa shape index (κ2) is 5.49. The maximum atomic E-state index is 13.2. The van der Waals surface area contributed by atoms with Crippen molar-refractivity contribution in [3.8, 4) is 0 Å². The lowest BCUT2D eigenvalue weighted by Crippen LogP contribution is -1.99. The summed E-state index contributed by atoms with van der Waals surface area (Å²) in [6.07, 6.45) is 0.548. The number of hydrogen-bond donors (Lipinski definition) is 0. The van der Waals surface area contributed by atoms with Crippen molar-refractivity contribution in [2.24, 2.45) is 0 Å². The quantitative estimate of drug-likeness (QED) is 0.701. The number of halogens is 3. The van der Waals surface area contributed by atoms with Crippen LogP contribution in [0.5, 0.6) is 0 Å². The first-order valence-corrected chi connectivity index (χ1v) is 6.14. The third-order valence-electron chi connectivity index (χ3n) is 2.91. The Morgan fingerprint density at radius 1 is 1.00 bits per heavy atom. The summed E-state index contributed by atoms with van der Waals surface area (Å²) in [5.74, 6) is -0.563. The SMILES string of the molecule is Cc1ccc(F)cc1C(Cl)Cc1ccc(F)cc1. The van der Waals surface area contributed by atoms with Gasteiger partial charge in [-0.15, -0.1) is 11.6 Å². The van der Waals surface area contributed by atoms with Gasteiger partial charge in [-0.05, 0) is 54.3 Å². The van der Waals surface area contributed by atoms with Gasteiger partial charge in [-0.25, -0.2) is 8.78 Å². The van der Waals surface area contributed by atoms with E-state index >= 15 is 0 Å². The van der Waals surface area contributed by atoms with Gasteiger partial charge in [0.2, 0.25) is 0 Å². The molecule has 0 aliphatic carbocycles. The van der Waals surface area contributed by atoms with E-state index in [2.05, 4.69) is 0 Å². The Hall–Kier alpha value is -1.41. The molecule has 1 unspecified atom stereocenters. The molecule has 0 aromatic heterocycles. The van der Waals surface area contributed by atoms with Gasteiger partial charge in [0.05, 0.1) is 5.38 Å². The molecule has 0 fully saturated rings. The van der Waals surface area contributed by atoms with Crippen molar-refractivity contribution in [2.75, 3.05) is 0 Å². The molecule has 0 spiro atoms. The second-order valence-electron chi connectivity index (χ2n) is 4.30. The van der Waals surface area contributed by atoms with Crippen LogP contribution >= 0.6 is 11.6 Å². The summed E-state index contributed by atoms with van der Waals surface area (Å²) < 4.78 is 26.0. The lowest BCUT2D eigenvalue weighted by Gasteiger charge is -2.13. The summed E-state index contributed by atoms with van der Waals surface area (Å²) >= 11 is 6.30. The molecule has 0 bridgehead atoms. The number of aryl methyl sites for hydroxylation is 1. The predicted octanol–water partition coefficient (Wildman–Crippen LogP) is 4.80. The van der Waals surface area contributed by atoms with Crippen LogP contribution in [-0.2, 0) is 6.42 Å². The molecule has 94 valence electrons. The highest BCUT2D eigenvalue weighted by molar-refractivity contribution is 6.21. The zero-order valence-corrected chi connectivity index (χ0v) is 10.7. The number of benzene rings is 2. The molecule has 0 radical (unpaired) electrons. The van der Waals surface area contributed by atoms with E-state index in [-0.39, 0.29) is 17.0 Å². The highest BCUT2D eigenvalue weighted by Gasteiger charge is 2.12. The van der Waals surface area contributed by atoms with Crippen LogP contribution < -0.4 is 0 Å². The topological polar surface area (TPSA) is 0 Å². The molecular weight excluding hydrogens is 254 g/mol. The number of alkyl halides is 1. The van der Waals surface area contributed by atoms with E-state index in [4.69, 9.17) is 11.6 Å². The van der Waals surface area contributed by atoms with Crippen molar-refractivity contribution in [3.63, 3.8) is 0 Å². The molecule has 1 atom stereocenters. The molecule has 0 saturated carbocycles. The Balaban J connectivity index is 2.18. The van der Waals surface area contributed by atoms with Crippen molar-refractivity contribution >= 4 is 11.6 Å². The van der Waals surface area contributed by atoms with E-state index in [0.717, 1.165) is 16.7 Å². The lowest BCUT2D eigenvalue weighted by molar-refractivity contribution is 0.623. The van der Waals surface area contributed by atoms with Gasteiger partial charge in [0.1, 0.15) is 11.6 Å². The van der Waals surface area contributed by atoms with E-state index in [1.165, 1.54) is 24.3 Å². The summed E-state index contributed by atoms with van der Waals surface area (Å²) in [6.45, 7) is 1.90. The van der Waals surface area contributed by atoms with E-state index in [9.17, 15) is 8.78 Å². The molecule has 0 saturated heterocycles. The molecule has 2 aromatic carbocycles. The predicted molar refractivity (Wildman–Crippen MR) is 69.8 cm³/mol.